The number of rotatable bonds is 58. The van der Waals surface area contributed by atoms with Crippen LogP contribution in [-0.2, 0) is 32.7 Å². The van der Waals surface area contributed by atoms with Crippen LogP contribution in [0.1, 0.15) is 284 Å². The van der Waals surface area contributed by atoms with Gasteiger partial charge in [0.1, 0.15) is 19.8 Å². The van der Waals surface area contributed by atoms with Crippen molar-refractivity contribution in [2.45, 2.75) is 290 Å². The summed E-state index contributed by atoms with van der Waals surface area (Å²) in [5.41, 5.74) is 0. The molecule has 76 heavy (non-hydrogen) atoms. The van der Waals surface area contributed by atoms with Gasteiger partial charge in [-0.3, -0.25) is 14.2 Å². The molecule has 9 nitrogen and oxygen atoms in total. The second-order valence-corrected chi connectivity index (χ2v) is 23.8. The van der Waals surface area contributed by atoms with Gasteiger partial charge in [0.2, 0.25) is 0 Å². The van der Waals surface area contributed by atoms with Crippen LogP contribution in [0.5, 0.6) is 0 Å². The summed E-state index contributed by atoms with van der Waals surface area (Å²) in [5.74, 6) is -0.975. The van der Waals surface area contributed by atoms with Crippen molar-refractivity contribution in [1.29, 1.82) is 0 Å². The zero-order chi connectivity index (χ0) is 55.6. The second-order valence-electron chi connectivity index (χ2n) is 22.4. The highest BCUT2D eigenvalue weighted by Gasteiger charge is 2.21. The lowest BCUT2D eigenvalue weighted by atomic mass is 10.0. The van der Waals surface area contributed by atoms with Gasteiger partial charge in [0.25, 0.3) is 7.82 Å². The lowest BCUT2D eigenvalue weighted by molar-refractivity contribution is -0.870. The molecule has 0 aromatic heterocycles. The number of ether oxygens (including phenoxy) is 2. The van der Waals surface area contributed by atoms with Gasteiger partial charge in [0.15, 0.2) is 6.10 Å². The van der Waals surface area contributed by atoms with E-state index in [1.807, 2.05) is 33.3 Å². The van der Waals surface area contributed by atoms with Crippen molar-refractivity contribution < 1.29 is 42.1 Å². The molecule has 0 amide bonds. The maximum atomic E-state index is 12.7. The zero-order valence-electron chi connectivity index (χ0n) is 50.2. The summed E-state index contributed by atoms with van der Waals surface area (Å²) in [7, 11) is 1.11. The SMILES string of the molecule is CC/C=C\C/C=C\C/C=C\C/C=C\C/C=C\CC(=O)OC(COC(=O)CCCCCCCCCCCCCCCCCCCCCCCCCCC/C=C\CCCCCCCCCC)COP(=O)([O-])OCC[N+](C)(C)C. The molecule has 2 atom stereocenters. The van der Waals surface area contributed by atoms with E-state index in [2.05, 4.69) is 68.5 Å². The first-order chi connectivity index (χ1) is 37.0. The van der Waals surface area contributed by atoms with E-state index >= 15 is 0 Å². The Bertz CT molecular complexity index is 1510. The Balaban J connectivity index is 3.95. The lowest BCUT2D eigenvalue weighted by Gasteiger charge is -2.28. The number of hydrogen-bond donors (Lipinski definition) is 0. The summed E-state index contributed by atoms with van der Waals surface area (Å²) < 4.78 is 34.0. The summed E-state index contributed by atoms with van der Waals surface area (Å²) in [5, 5.41) is 0. The van der Waals surface area contributed by atoms with Crippen LogP contribution < -0.4 is 4.89 Å². The van der Waals surface area contributed by atoms with E-state index in [1.165, 1.54) is 205 Å². The minimum atomic E-state index is -4.66. The molecular weight excluding hydrogens is 966 g/mol. The molecule has 0 heterocycles. The van der Waals surface area contributed by atoms with Crippen molar-refractivity contribution >= 4 is 19.8 Å². The number of quaternary nitrogens is 1. The molecule has 0 aromatic rings. The Labute approximate surface area is 469 Å². The predicted molar refractivity (Wildman–Crippen MR) is 323 cm³/mol. The zero-order valence-corrected chi connectivity index (χ0v) is 51.1. The molecule has 0 rings (SSSR count). The monoisotopic (exact) mass is 1090 g/mol. The highest BCUT2D eigenvalue weighted by Crippen LogP contribution is 2.38. The normalized spacial score (nSPS) is 13.7. The number of hydrogen-bond acceptors (Lipinski definition) is 8. The molecule has 0 saturated heterocycles. The maximum Gasteiger partial charge on any atom is 0.310 e. The van der Waals surface area contributed by atoms with Gasteiger partial charge in [-0.1, -0.05) is 279 Å². The van der Waals surface area contributed by atoms with Crippen molar-refractivity contribution in [3.8, 4) is 0 Å². The van der Waals surface area contributed by atoms with Crippen molar-refractivity contribution in [3.63, 3.8) is 0 Å². The smallest absolute Gasteiger partial charge is 0.310 e. The van der Waals surface area contributed by atoms with Gasteiger partial charge < -0.3 is 27.9 Å². The molecule has 0 aliphatic carbocycles. The fourth-order valence-electron chi connectivity index (χ4n) is 8.91. The van der Waals surface area contributed by atoms with E-state index in [0.717, 1.165) is 44.9 Å². The molecule has 10 heteroatoms. The average molecular weight is 1090 g/mol. The van der Waals surface area contributed by atoms with Crippen molar-refractivity contribution in [1.82, 2.24) is 0 Å². The van der Waals surface area contributed by atoms with E-state index in [9.17, 15) is 19.0 Å². The first kappa shape index (κ1) is 73.5. The Morgan fingerprint density at radius 3 is 1.17 bits per heavy atom. The van der Waals surface area contributed by atoms with Gasteiger partial charge in [-0.15, -0.1) is 0 Å². The van der Waals surface area contributed by atoms with E-state index in [1.54, 1.807) is 6.08 Å². The van der Waals surface area contributed by atoms with Crippen LogP contribution in [-0.4, -0.2) is 70.0 Å². The van der Waals surface area contributed by atoms with Gasteiger partial charge in [-0.2, -0.15) is 0 Å². The van der Waals surface area contributed by atoms with Gasteiger partial charge in [-0.25, -0.2) is 0 Å². The van der Waals surface area contributed by atoms with Crippen LogP contribution in [0.15, 0.2) is 72.9 Å². The van der Waals surface area contributed by atoms with Crippen LogP contribution >= 0.6 is 7.82 Å². The van der Waals surface area contributed by atoms with Crippen molar-refractivity contribution in [2.24, 2.45) is 0 Å². The van der Waals surface area contributed by atoms with E-state index in [4.69, 9.17) is 18.5 Å². The topological polar surface area (TPSA) is 111 Å². The third-order valence-electron chi connectivity index (χ3n) is 13.7. The van der Waals surface area contributed by atoms with Crippen LogP contribution in [0.2, 0.25) is 0 Å². The summed E-state index contributed by atoms with van der Waals surface area (Å²) >= 11 is 0. The molecule has 0 N–H and O–H groups in total. The highest BCUT2D eigenvalue weighted by molar-refractivity contribution is 7.45. The Morgan fingerprint density at radius 1 is 0.434 bits per heavy atom. The number of carbonyl (C=O) groups is 2. The van der Waals surface area contributed by atoms with Gasteiger partial charge in [0.05, 0.1) is 34.2 Å². The molecule has 0 fully saturated rings. The van der Waals surface area contributed by atoms with Crippen LogP contribution in [0.3, 0.4) is 0 Å². The van der Waals surface area contributed by atoms with Crippen molar-refractivity contribution in [3.05, 3.63) is 72.9 Å². The van der Waals surface area contributed by atoms with Gasteiger partial charge in [0, 0.05) is 6.42 Å². The Hall–Kier alpha value is -2.55. The number of unbranched alkanes of at least 4 members (excludes halogenated alkanes) is 33. The number of likely N-dealkylation sites (N-methyl/N-ethyl adjacent to an activating group) is 1. The van der Waals surface area contributed by atoms with Crippen LogP contribution in [0, 0.1) is 0 Å². The molecule has 0 aliphatic heterocycles. The van der Waals surface area contributed by atoms with E-state index in [-0.39, 0.29) is 26.1 Å². The largest absolute Gasteiger partial charge is 0.756 e. The molecule has 0 aromatic carbocycles. The number of phosphoric ester groups is 1. The number of esters is 2. The van der Waals surface area contributed by atoms with Gasteiger partial charge in [-0.05, 0) is 64.2 Å². The molecule has 2 unspecified atom stereocenters. The first-order valence-electron chi connectivity index (χ1n) is 31.6. The molecular formula is C66H120NO8P. The van der Waals surface area contributed by atoms with Gasteiger partial charge >= 0.3 is 11.9 Å². The summed E-state index contributed by atoms with van der Waals surface area (Å²) in [6.45, 7) is 4.03. The molecule has 442 valence electrons. The maximum absolute atomic E-state index is 12.7. The number of nitrogens with zero attached hydrogens (tertiary/aromatic N) is 1. The Morgan fingerprint density at radius 2 is 0.789 bits per heavy atom. The fourth-order valence-corrected chi connectivity index (χ4v) is 9.63. The minimum absolute atomic E-state index is 0.00797. The van der Waals surface area contributed by atoms with Crippen LogP contribution in [0.25, 0.3) is 0 Å². The van der Waals surface area contributed by atoms with Crippen LogP contribution in [0.4, 0.5) is 0 Å². The third kappa shape index (κ3) is 60.7. The average Bonchev–Trinajstić information content (AvgIpc) is 3.38. The molecule has 0 spiro atoms. The third-order valence-corrected chi connectivity index (χ3v) is 14.7. The van der Waals surface area contributed by atoms with E-state index < -0.39 is 32.5 Å². The molecule has 0 bridgehead atoms. The number of phosphoric acid groups is 1. The summed E-state index contributed by atoms with van der Waals surface area (Å²) in [6.07, 6.45) is 76.1. The minimum Gasteiger partial charge on any atom is -0.756 e. The second kappa shape index (κ2) is 57.1. The fraction of sp³-hybridized carbons (Fsp3) is 0.788. The van der Waals surface area contributed by atoms with E-state index in [0.29, 0.717) is 17.4 Å². The molecule has 0 radical (unpaired) electrons. The molecule has 0 aliphatic rings. The first-order valence-corrected chi connectivity index (χ1v) is 33.1. The number of carbonyl (C=O) groups excluding carboxylic acids is 2. The number of allylic oxidation sites excluding steroid dienone is 11. The summed E-state index contributed by atoms with van der Waals surface area (Å²) in [6, 6.07) is 0. The predicted octanol–water partition coefficient (Wildman–Crippen LogP) is 19.4. The summed E-state index contributed by atoms with van der Waals surface area (Å²) in [4.78, 5) is 37.7. The highest BCUT2D eigenvalue weighted by atomic mass is 31.2. The lowest BCUT2D eigenvalue weighted by Crippen LogP contribution is -2.37. The quantitative estimate of drug-likeness (QED) is 0.0195. The standard InChI is InChI=1S/C66H120NO8P/c1-6-8-10-12-14-16-18-20-22-23-24-25-26-27-28-29-30-31-32-33-34-35-36-37-38-39-40-41-42-43-45-46-48-50-52-54-56-58-65(68)72-62-64(63-74-76(70,71)73-61-60-67(3,4)5)75-66(69)59-57-55-53-51-49-47-44-21-19-17-15-13-11-9-7-2/h9,11,15,17,21,23-24,44,49,51,55,57,64H,6-8,10,12-14,16,18-20,22,25-43,45-48,50,52-54,56,58-63H2,1-5H3/b11-9-,17-15-,24-23-,44-21-,51-49-,57-55-. The molecule has 0 saturated carbocycles. The van der Waals surface area contributed by atoms with Crippen molar-refractivity contribution in [2.75, 3.05) is 47.5 Å². The Kier molecular flexibility index (Phi) is 55.2.